The number of nitrogens with one attached hydrogen (secondary N) is 1. The normalized spacial score (nSPS) is 11.2. The van der Waals surface area contributed by atoms with Crippen LogP contribution in [-0.4, -0.2) is 23.5 Å². The summed E-state index contributed by atoms with van der Waals surface area (Å²) in [6.45, 7) is 0. The van der Waals surface area contributed by atoms with Crippen molar-refractivity contribution in [2.24, 2.45) is 0 Å². The number of carbonyl (C=O) groups excluding carboxylic acids is 1. The third-order valence-corrected chi connectivity index (χ3v) is 2.01. The number of carboxylic acid groups (broad SMARTS) is 1. The molecule has 1 atom stereocenters. The SMILES string of the molecule is N#Cc1ccc(C[C@H](C=O)NC(=O)O)cc1. The molecule has 0 saturated heterocycles. The van der Waals surface area contributed by atoms with Crippen molar-refractivity contribution in [2.45, 2.75) is 12.5 Å². The maximum Gasteiger partial charge on any atom is 0.405 e. The fraction of sp³-hybridized carbons (Fsp3) is 0.182. The molecule has 0 bridgehead atoms. The van der Waals surface area contributed by atoms with Crippen molar-refractivity contribution in [1.82, 2.24) is 5.32 Å². The monoisotopic (exact) mass is 218 g/mol. The lowest BCUT2D eigenvalue weighted by atomic mass is 10.1. The Hall–Kier alpha value is -2.35. The van der Waals surface area contributed by atoms with Crippen LogP contribution >= 0.6 is 0 Å². The molecular weight excluding hydrogens is 208 g/mol. The Labute approximate surface area is 92.3 Å². The average molecular weight is 218 g/mol. The molecule has 0 aliphatic rings. The molecular formula is C11H10N2O3. The van der Waals surface area contributed by atoms with Crippen LogP contribution in [0.15, 0.2) is 24.3 Å². The van der Waals surface area contributed by atoms with Crippen molar-refractivity contribution in [3.8, 4) is 6.07 Å². The number of aldehydes is 1. The molecule has 0 radical (unpaired) electrons. The molecule has 1 aromatic carbocycles. The lowest BCUT2D eigenvalue weighted by molar-refractivity contribution is -0.109. The van der Waals surface area contributed by atoms with Crippen molar-refractivity contribution in [1.29, 1.82) is 5.26 Å². The summed E-state index contributed by atoms with van der Waals surface area (Å²) in [6, 6.07) is 7.85. The zero-order chi connectivity index (χ0) is 12.0. The molecule has 0 unspecified atom stereocenters. The Morgan fingerprint density at radius 2 is 2.12 bits per heavy atom. The summed E-state index contributed by atoms with van der Waals surface area (Å²) in [5.74, 6) is 0. The first kappa shape index (κ1) is 11.7. The second kappa shape index (κ2) is 5.51. The van der Waals surface area contributed by atoms with Crippen LogP contribution in [0.3, 0.4) is 0 Å². The molecule has 5 heteroatoms. The third kappa shape index (κ3) is 3.42. The van der Waals surface area contributed by atoms with Gasteiger partial charge in [-0.3, -0.25) is 0 Å². The lowest BCUT2D eigenvalue weighted by Crippen LogP contribution is -2.36. The molecule has 0 heterocycles. The van der Waals surface area contributed by atoms with Gasteiger partial charge in [-0.1, -0.05) is 12.1 Å². The highest BCUT2D eigenvalue weighted by Crippen LogP contribution is 2.05. The summed E-state index contributed by atoms with van der Waals surface area (Å²) in [4.78, 5) is 20.9. The van der Waals surface area contributed by atoms with Gasteiger partial charge in [0.2, 0.25) is 0 Å². The van der Waals surface area contributed by atoms with Crippen molar-refractivity contribution >= 4 is 12.4 Å². The van der Waals surface area contributed by atoms with Gasteiger partial charge in [0.15, 0.2) is 0 Å². The molecule has 82 valence electrons. The maximum atomic E-state index is 10.6. The number of carbonyl (C=O) groups is 2. The minimum absolute atomic E-state index is 0.279. The fourth-order valence-electron chi connectivity index (χ4n) is 1.26. The van der Waals surface area contributed by atoms with E-state index in [9.17, 15) is 9.59 Å². The van der Waals surface area contributed by atoms with E-state index in [0.717, 1.165) is 5.56 Å². The number of hydrogen-bond acceptors (Lipinski definition) is 3. The minimum Gasteiger partial charge on any atom is -0.465 e. The number of hydrogen-bond donors (Lipinski definition) is 2. The van der Waals surface area contributed by atoms with Crippen LogP contribution in [0, 0.1) is 11.3 Å². The van der Waals surface area contributed by atoms with Crippen LogP contribution < -0.4 is 5.32 Å². The van der Waals surface area contributed by atoms with E-state index in [1.165, 1.54) is 0 Å². The number of benzene rings is 1. The summed E-state index contributed by atoms with van der Waals surface area (Å²) < 4.78 is 0. The van der Waals surface area contributed by atoms with Crippen LogP contribution in [0.4, 0.5) is 4.79 Å². The molecule has 0 aromatic heterocycles. The van der Waals surface area contributed by atoms with Gasteiger partial charge in [0.25, 0.3) is 0 Å². The Bertz CT molecular complexity index is 420. The predicted octanol–water partition coefficient (Wildman–Crippen LogP) is 0.936. The Morgan fingerprint density at radius 3 is 2.56 bits per heavy atom. The Kier molecular flexibility index (Phi) is 4.04. The highest BCUT2D eigenvalue weighted by Gasteiger charge is 2.10. The summed E-state index contributed by atoms with van der Waals surface area (Å²) in [6.07, 6.45) is -0.404. The average Bonchev–Trinajstić information content (AvgIpc) is 2.28. The number of nitriles is 1. The topological polar surface area (TPSA) is 90.2 Å². The van der Waals surface area contributed by atoms with Gasteiger partial charge in [-0.05, 0) is 24.1 Å². The molecule has 0 fully saturated rings. The van der Waals surface area contributed by atoms with E-state index in [-0.39, 0.29) is 6.42 Å². The van der Waals surface area contributed by atoms with Gasteiger partial charge in [-0.25, -0.2) is 4.79 Å². The van der Waals surface area contributed by atoms with Crippen molar-refractivity contribution in [3.05, 3.63) is 35.4 Å². The molecule has 5 nitrogen and oxygen atoms in total. The van der Waals surface area contributed by atoms with Crippen molar-refractivity contribution in [3.63, 3.8) is 0 Å². The van der Waals surface area contributed by atoms with Crippen LogP contribution in [0.2, 0.25) is 0 Å². The zero-order valence-corrected chi connectivity index (χ0v) is 8.38. The van der Waals surface area contributed by atoms with E-state index in [0.29, 0.717) is 11.8 Å². The maximum absolute atomic E-state index is 10.6. The predicted molar refractivity (Wildman–Crippen MR) is 55.9 cm³/mol. The van der Waals surface area contributed by atoms with Gasteiger partial charge in [-0.15, -0.1) is 0 Å². The smallest absolute Gasteiger partial charge is 0.405 e. The first-order chi connectivity index (χ1) is 7.65. The van der Waals surface area contributed by atoms with E-state index < -0.39 is 12.1 Å². The summed E-state index contributed by atoms with van der Waals surface area (Å²) in [7, 11) is 0. The molecule has 2 N–H and O–H groups in total. The largest absolute Gasteiger partial charge is 0.465 e. The summed E-state index contributed by atoms with van der Waals surface area (Å²) >= 11 is 0. The van der Waals surface area contributed by atoms with Crippen LogP contribution in [0.25, 0.3) is 0 Å². The number of rotatable bonds is 4. The standard InChI is InChI=1S/C11H10N2O3/c12-6-9-3-1-8(2-4-9)5-10(7-14)13-11(15)16/h1-4,7,10,13H,5H2,(H,15,16)/t10-/m1/s1. The van der Waals surface area contributed by atoms with Crippen molar-refractivity contribution in [2.75, 3.05) is 0 Å². The van der Waals surface area contributed by atoms with E-state index in [2.05, 4.69) is 5.32 Å². The zero-order valence-electron chi connectivity index (χ0n) is 8.38. The summed E-state index contributed by atoms with van der Waals surface area (Å²) in [5.41, 5.74) is 1.32. The van der Waals surface area contributed by atoms with Gasteiger partial charge in [0.05, 0.1) is 17.7 Å². The molecule has 1 rings (SSSR count). The first-order valence-electron chi connectivity index (χ1n) is 4.59. The fourth-order valence-corrected chi connectivity index (χ4v) is 1.26. The molecule has 0 aliphatic heterocycles. The first-order valence-corrected chi connectivity index (χ1v) is 4.59. The molecule has 0 aliphatic carbocycles. The highest BCUT2D eigenvalue weighted by molar-refractivity contribution is 5.71. The van der Waals surface area contributed by atoms with E-state index in [1.807, 2.05) is 6.07 Å². The van der Waals surface area contributed by atoms with E-state index >= 15 is 0 Å². The van der Waals surface area contributed by atoms with Crippen LogP contribution in [-0.2, 0) is 11.2 Å². The molecule has 1 amide bonds. The van der Waals surface area contributed by atoms with Crippen LogP contribution in [0.1, 0.15) is 11.1 Å². The lowest BCUT2D eigenvalue weighted by Gasteiger charge is -2.09. The van der Waals surface area contributed by atoms with E-state index in [4.69, 9.17) is 10.4 Å². The second-order valence-corrected chi connectivity index (χ2v) is 3.20. The van der Waals surface area contributed by atoms with Gasteiger partial charge >= 0.3 is 6.09 Å². The molecule has 0 spiro atoms. The molecule has 1 aromatic rings. The molecule has 16 heavy (non-hydrogen) atoms. The third-order valence-electron chi connectivity index (χ3n) is 2.01. The van der Waals surface area contributed by atoms with Crippen LogP contribution in [0.5, 0.6) is 0 Å². The Balaban J connectivity index is 2.67. The minimum atomic E-state index is -1.23. The quantitative estimate of drug-likeness (QED) is 0.736. The van der Waals surface area contributed by atoms with Gasteiger partial charge in [0, 0.05) is 0 Å². The van der Waals surface area contributed by atoms with E-state index in [1.54, 1.807) is 24.3 Å². The number of nitrogens with zero attached hydrogens (tertiary/aromatic N) is 1. The number of amides is 1. The second-order valence-electron chi connectivity index (χ2n) is 3.20. The highest BCUT2D eigenvalue weighted by atomic mass is 16.4. The van der Waals surface area contributed by atoms with Gasteiger partial charge in [-0.2, -0.15) is 5.26 Å². The van der Waals surface area contributed by atoms with Gasteiger partial charge < -0.3 is 15.2 Å². The summed E-state index contributed by atoms with van der Waals surface area (Å²) in [5, 5.41) is 19.1. The Morgan fingerprint density at radius 1 is 1.50 bits per heavy atom. The van der Waals surface area contributed by atoms with Crippen molar-refractivity contribution < 1.29 is 14.7 Å². The molecule has 0 saturated carbocycles. The van der Waals surface area contributed by atoms with Gasteiger partial charge in [0.1, 0.15) is 6.29 Å².